The zero-order chi connectivity index (χ0) is 17.9. The molecule has 25 heavy (non-hydrogen) atoms. The Labute approximate surface area is 151 Å². The standard InChI is InChI=1S/C22H28O3/c1-4-23-13-14-24-15-16-25-17-22(20-9-5-18(2)6-10-20)21-11-7-19(3)8-12-21/h5-12,17H,4,13-16H2,1-3H3. The van der Waals surface area contributed by atoms with Gasteiger partial charge in [-0.3, -0.25) is 0 Å². The molecule has 0 atom stereocenters. The van der Waals surface area contributed by atoms with Gasteiger partial charge in [-0.05, 0) is 31.9 Å². The number of benzene rings is 2. The van der Waals surface area contributed by atoms with E-state index in [9.17, 15) is 0 Å². The molecule has 2 rings (SSSR count). The number of aryl methyl sites for hydroxylation is 2. The van der Waals surface area contributed by atoms with Gasteiger partial charge >= 0.3 is 0 Å². The first-order chi connectivity index (χ1) is 12.2. The van der Waals surface area contributed by atoms with Gasteiger partial charge in [0.05, 0.1) is 26.1 Å². The lowest BCUT2D eigenvalue weighted by Crippen LogP contribution is -2.08. The molecule has 0 aliphatic rings. The SMILES string of the molecule is CCOCCOCCOC=C(c1ccc(C)cc1)c1ccc(C)cc1. The van der Waals surface area contributed by atoms with Gasteiger partial charge in [-0.25, -0.2) is 0 Å². The second-order valence-corrected chi connectivity index (χ2v) is 5.94. The Bertz CT molecular complexity index is 594. The first-order valence-electron chi connectivity index (χ1n) is 8.82. The fraction of sp³-hybridized carbons (Fsp3) is 0.364. The summed E-state index contributed by atoms with van der Waals surface area (Å²) in [7, 11) is 0. The van der Waals surface area contributed by atoms with Crippen LogP contribution in [0.1, 0.15) is 29.2 Å². The Hall–Kier alpha value is -2.10. The summed E-state index contributed by atoms with van der Waals surface area (Å²) in [5, 5.41) is 0. The largest absolute Gasteiger partial charge is 0.498 e. The Morgan fingerprint density at radius 1 is 0.720 bits per heavy atom. The molecule has 3 nitrogen and oxygen atoms in total. The minimum Gasteiger partial charge on any atom is -0.498 e. The Balaban J connectivity index is 1.99. The van der Waals surface area contributed by atoms with Crippen LogP contribution in [0.2, 0.25) is 0 Å². The Morgan fingerprint density at radius 2 is 1.20 bits per heavy atom. The van der Waals surface area contributed by atoms with Crippen LogP contribution in [0.3, 0.4) is 0 Å². The number of hydrogen-bond donors (Lipinski definition) is 0. The van der Waals surface area contributed by atoms with Crippen molar-refractivity contribution in [1.82, 2.24) is 0 Å². The van der Waals surface area contributed by atoms with Crippen LogP contribution in [0.25, 0.3) is 5.57 Å². The third-order valence-corrected chi connectivity index (χ3v) is 3.85. The molecule has 0 bridgehead atoms. The summed E-state index contributed by atoms with van der Waals surface area (Å²) >= 11 is 0. The van der Waals surface area contributed by atoms with Gasteiger partial charge in [-0.1, -0.05) is 59.7 Å². The van der Waals surface area contributed by atoms with Crippen LogP contribution in [0.4, 0.5) is 0 Å². The van der Waals surface area contributed by atoms with Crippen LogP contribution in [0.5, 0.6) is 0 Å². The summed E-state index contributed by atoms with van der Waals surface area (Å²) < 4.78 is 16.5. The highest BCUT2D eigenvalue weighted by Gasteiger charge is 2.06. The predicted molar refractivity (Wildman–Crippen MR) is 103 cm³/mol. The monoisotopic (exact) mass is 340 g/mol. The maximum atomic E-state index is 5.74. The molecule has 0 saturated carbocycles. The van der Waals surface area contributed by atoms with E-state index in [0.717, 1.165) is 23.3 Å². The first-order valence-corrected chi connectivity index (χ1v) is 8.82. The smallest absolute Gasteiger partial charge is 0.111 e. The molecule has 0 radical (unpaired) electrons. The van der Waals surface area contributed by atoms with Crippen molar-refractivity contribution in [2.75, 3.05) is 33.0 Å². The molecular weight excluding hydrogens is 312 g/mol. The quantitative estimate of drug-likeness (QED) is 0.461. The minimum atomic E-state index is 0.521. The lowest BCUT2D eigenvalue weighted by molar-refractivity contribution is 0.0343. The fourth-order valence-corrected chi connectivity index (χ4v) is 2.38. The summed E-state index contributed by atoms with van der Waals surface area (Å²) in [6, 6.07) is 17.0. The summed E-state index contributed by atoms with van der Waals surface area (Å²) in [6.45, 7) is 9.19. The molecular formula is C22H28O3. The zero-order valence-electron chi connectivity index (χ0n) is 15.5. The number of hydrogen-bond acceptors (Lipinski definition) is 3. The van der Waals surface area contributed by atoms with Gasteiger partial charge in [-0.15, -0.1) is 0 Å². The third kappa shape index (κ3) is 6.73. The van der Waals surface area contributed by atoms with Gasteiger partial charge in [0.1, 0.15) is 6.61 Å². The topological polar surface area (TPSA) is 27.7 Å². The van der Waals surface area contributed by atoms with Crippen LogP contribution < -0.4 is 0 Å². The van der Waals surface area contributed by atoms with E-state index in [-0.39, 0.29) is 0 Å². The van der Waals surface area contributed by atoms with Crippen molar-refractivity contribution in [2.45, 2.75) is 20.8 Å². The minimum absolute atomic E-state index is 0.521. The average molecular weight is 340 g/mol. The molecule has 3 heteroatoms. The lowest BCUT2D eigenvalue weighted by atomic mass is 9.97. The van der Waals surface area contributed by atoms with Crippen molar-refractivity contribution in [2.24, 2.45) is 0 Å². The molecule has 0 amide bonds. The maximum absolute atomic E-state index is 5.74. The van der Waals surface area contributed by atoms with Crippen LogP contribution in [0.15, 0.2) is 54.8 Å². The molecule has 0 aliphatic heterocycles. The number of rotatable bonds is 10. The van der Waals surface area contributed by atoms with E-state index in [1.54, 1.807) is 0 Å². The summed E-state index contributed by atoms with van der Waals surface area (Å²) in [6.07, 6.45) is 1.83. The highest BCUT2D eigenvalue weighted by Crippen LogP contribution is 2.24. The van der Waals surface area contributed by atoms with Crippen molar-refractivity contribution in [3.8, 4) is 0 Å². The van der Waals surface area contributed by atoms with E-state index >= 15 is 0 Å². The van der Waals surface area contributed by atoms with E-state index < -0.39 is 0 Å². The van der Waals surface area contributed by atoms with E-state index in [4.69, 9.17) is 14.2 Å². The molecule has 0 unspecified atom stereocenters. The molecule has 0 saturated heterocycles. The normalized spacial score (nSPS) is 10.5. The van der Waals surface area contributed by atoms with Gasteiger partial charge in [0.15, 0.2) is 0 Å². The van der Waals surface area contributed by atoms with Crippen molar-refractivity contribution < 1.29 is 14.2 Å². The van der Waals surface area contributed by atoms with Crippen LogP contribution in [0, 0.1) is 13.8 Å². The van der Waals surface area contributed by atoms with Gasteiger partial charge in [0, 0.05) is 12.2 Å². The molecule has 0 heterocycles. The predicted octanol–water partition coefficient (Wildman–Crippen LogP) is 4.76. The lowest BCUT2D eigenvalue weighted by Gasteiger charge is -2.11. The third-order valence-electron chi connectivity index (χ3n) is 3.85. The molecule has 2 aromatic rings. The second kappa shape index (κ2) is 10.7. The molecule has 0 fully saturated rings. The zero-order valence-corrected chi connectivity index (χ0v) is 15.5. The van der Waals surface area contributed by atoms with Gasteiger partial charge in [0.2, 0.25) is 0 Å². The first kappa shape index (κ1) is 19.2. The van der Waals surface area contributed by atoms with Crippen LogP contribution in [-0.4, -0.2) is 33.0 Å². The molecule has 0 aromatic heterocycles. The molecule has 2 aromatic carbocycles. The molecule has 134 valence electrons. The molecule has 0 N–H and O–H groups in total. The van der Waals surface area contributed by atoms with E-state index in [1.807, 2.05) is 13.2 Å². The van der Waals surface area contributed by atoms with Gasteiger partial charge in [-0.2, -0.15) is 0 Å². The molecule has 0 spiro atoms. The van der Waals surface area contributed by atoms with Crippen LogP contribution >= 0.6 is 0 Å². The van der Waals surface area contributed by atoms with E-state index in [0.29, 0.717) is 26.4 Å². The van der Waals surface area contributed by atoms with E-state index in [2.05, 4.69) is 62.4 Å². The van der Waals surface area contributed by atoms with Crippen molar-refractivity contribution >= 4 is 5.57 Å². The van der Waals surface area contributed by atoms with Crippen molar-refractivity contribution in [3.63, 3.8) is 0 Å². The maximum Gasteiger partial charge on any atom is 0.111 e. The number of ether oxygens (including phenoxy) is 3. The molecule has 0 aliphatic carbocycles. The Morgan fingerprint density at radius 3 is 1.72 bits per heavy atom. The van der Waals surface area contributed by atoms with Crippen molar-refractivity contribution in [1.29, 1.82) is 0 Å². The van der Waals surface area contributed by atoms with Crippen LogP contribution in [-0.2, 0) is 14.2 Å². The second-order valence-electron chi connectivity index (χ2n) is 5.94. The van der Waals surface area contributed by atoms with Crippen molar-refractivity contribution in [3.05, 3.63) is 77.0 Å². The fourth-order valence-electron chi connectivity index (χ4n) is 2.38. The van der Waals surface area contributed by atoms with E-state index in [1.165, 1.54) is 11.1 Å². The summed E-state index contributed by atoms with van der Waals surface area (Å²) in [5.74, 6) is 0. The summed E-state index contributed by atoms with van der Waals surface area (Å²) in [4.78, 5) is 0. The average Bonchev–Trinajstić information content (AvgIpc) is 2.63. The highest BCUT2D eigenvalue weighted by molar-refractivity contribution is 5.79. The van der Waals surface area contributed by atoms with Gasteiger partial charge < -0.3 is 14.2 Å². The summed E-state index contributed by atoms with van der Waals surface area (Å²) in [5.41, 5.74) is 5.86. The highest BCUT2D eigenvalue weighted by atomic mass is 16.5. The van der Waals surface area contributed by atoms with Gasteiger partial charge in [0.25, 0.3) is 0 Å². The Kier molecular flexibility index (Phi) is 8.23.